The fourth-order valence-electron chi connectivity index (χ4n) is 2.13. The van der Waals surface area contributed by atoms with Gasteiger partial charge in [-0.05, 0) is 56.7 Å². The van der Waals surface area contributed by atoms with E-state index < -0.39 is 0 Å². The van der Waals surface area contributed by atoms with Crippen molar-refractivity contribution in [2.24, 2.45) is 0 Å². The van der Waals surface area contributed by atoms with Crippen molar-refractivity contribution in [3.8, 4) is 0 Å². The first-order valence-corrected chi connectivity index (χ1v) is 7.17. The maximum Gasteiger partial charge on any atom is 0.338 e. The normalized spacial score (nSPS) is 10.1. The van der Waals surface area contributed by atoms with E-state index in [1.165, 1.54) is 0 Å². The van der Waals surface area contributed by atoms with Gasteiger partial charge in [-0.25, -0.2) is 4.79 Å². The molecule has 0 atom stereocenters. The van der Waals surface area contributed by atoms with Gasteiger partial charge in [0.2, 0.25) is 0 Å². The van der Waals surface area contributed by atoms with Crippen LogP contribution in [0.3, 0.4) is 0 Å². The van der Waals surface area contributed by atoms with Crippen LogP contribution in [-0.2, 0) is 4.74 Å². The minimum absolute atomic E-state index is 0.171. The van der Waals surface area contributed by atoms with Crippen LogP contribution in [0.4, 0.5) is 5.69 Å². The average molecular weight is 297 g/mol. The summed E-state index contributed by atoms with van der Waals surface area (Å²) in [4.78, 5) is 23.9. The zero-order valence-corrected chi connectivity index (χ0v) is 13.0. The summed E-state index contributed by atoms with van der Waals surface area (Å²) in [7, 11) is 0. The number of nitrogens with one attached hydrogen (secondary N) is 1. The number of hydrogen-bond donors (Lipinski definition) is 1. The zero-order valence-electron chi connectivity index (χ0n) is 13.0. The molecule has 2 aromatic rings. The summed E-state index contributed by atoms with van der Waals surface area (Å²) in [6.45, 7) is 5.88. The molecule has 2 aromatic carbocycles. The Hall–Kier alpha value is -2.62. The highest BCUT2D eigenvalue weighted by molar-refractivity contribution is 6.05. The largest absolute Gasteiger partial charge is 0.462 e. The van der Waals surface area contributed by atoms with E-state index in [9.17, 15) is 9.59 Å². The highest BCUT2D eigenvalue weighted by Gasteiger charge is 2.11. The van der Waals surface area contributed by atoms with Gasteiger partial charge in [-0.15, -0.1) is 0 Å². The maximum absolute atomic E-state index is 12.2. The Bertz CT molecular complexity index is 707. The molecule has 2 rings (SSSR count). The Morgan fingerprint density at radius 3 is 2.45 bits per heavy atom. The van der Waals surface area contributed by atoms with E-state index >= 15 is 0 Å². The van der Waals surface area contributed by atoms with Gasteiger partial charge in [0.25, 0.3) is 5.91 Å². The number of rotatable bonds is 4. The molecule has 0 unspecified atom stereocenters. The third kappa shape index (κ3) is 3.73. The fraction of sp³-hybridized carbons (Fsp3) is 0.222. The maximum atomic E-state index is 12.2. The van der Waals surface area contributed by atoms with Crippen LogP contribution < -0.4 is 5.32 Å². The number of esters is 1. The van der Waals surface area contributed by atoms with E-state index in [2.05, 4.69) is 5.32 Å². The molecule has 0 aliphatic carbocycles. The van der Waals surface area contributed by atoms with Crippen molar-refractivity contribution in [3.05, 3.63) is 64.7 Å². The Morgan fingerprint density at radius 1 is 1.05 bits per heavy atom. The number of carbonyl (C=O) groups is 2. The minimum atomic E-state index is -0.359. The second-order valence-electron chi connectivity index (χ2n) is 5.07. The van der Waals surface area contributed by atoms with Crippen LogP contribution in [0, 0.1) is 13.8 Å². The van der Waals surface area contributed by atoms with Crippen LogP contribution in [0.1, 0.15) is 38.8 Å². The van der Waals surface area contributed by atoms with Crippen molar-refractivity contribution in [1.82, 2.24) is 0 Å². The number of benzene rings is 2. The number of aryl methyl sites for hydroxylation is 2. The van der Waals surface area contributed by atoms with Crippen molar-refractivity contribution >= 4 is 17.6 Å². The third-order valence-corrected chi connectivity index (χ3v) is 3.27. The zero-order chi connectivity index (χ0) is 16.1. The van der Waals surface area contributed by atoms with Gasteiger partial charge in [0.1, 0.15) is 0 Å². The quantitative estimate of drug-likeness (QED) is 0.875. The van der Waals surface area contributed by atoms with Gasteiger partial charge in [-0.1, -0.05) is 17.7 Å². The van der Waals surface area contributed by atoms with Crippen LogP contribution in [0.25, 0.3) is 0 Å². The van der Waals surface area contributed by atoms with Crippen LogP contribution in [0.15, 0.2) is 42.5 Å². The van der Waals surface area contributed by atoms with Gasteiger partial charge in [0, 0.05) is 11.3 Å². The lowest BCUT2D eigenvalue weighted by molar-refractivity contribution is 0.0526. The summed E-state index contributed by atoms with van der Waals surface area (Å²) in [6.07, 6.45) is 0. The molecule has 0 saturated heterocycles. The van der Waals surface area contributed by atoms with E-state index in [1.54, 1.807) is 31.2 Å². The Kier molecular flexibility index (Phi) is 4.94. The Morgan fingerprint density at radius 2 is 1.82 bits per heavy atom. The van der Waals surface area contributed by atoms with Crippen LogP contribution in [0.5, 0.6) is 0 Å². The summed E-state index contributed by atoms with van der Waals surface area (Å²) in [6, 6.07) is 12.5. The van der Waals surface area contributed by atoms with Crippen molar-refractivity contribution < 1.29 is 14.3 Å². The predicted octanol–water partition coefficient (Wildman–Crippen LogP) is 3.73. The van der Waals surface area contributed by atoms with Crippen molar-refractivity contribution in [2.75, 3.05) is 11.9 Å². The molecule has 1 N–H and O–H groups in total. The Labute approximate surface area is 130 Å². The lowest BCUT2D eigenvalue weighted by atomic mass is 10.1. The molecular formula is C18H19NO3. The molecular weight excluding hydrogens is 278 g/mol. The van der Waals surface area contributed by atoms with Gasteiger partial charge in [0.05, 0.1) is 12.2 Å². The first-order valence-electron chi connectivity index (χ1n) is 7.17. The summed E-state index contributed by atoms with van der Waals surface area (Å²) in [5.41, 5.74) is 3.61. The molecule has 114 valence electrons. The average Bonchev–Trinajstić information content (AvgIpc) is 2.49. The molecule has 0 fully saturated rings. The number of amides is 1. The second-order valence-corrected chi connectivity index (χ2v) is 5.07. The van der Waals surface area contributed by atoms with E-state index in [4.69, 9.17) is 4.74 Å². The predicted molar refractivity (Wildman–Crippen MR) is 86.3 cm³/mol. The number of hydrogen-bond acceptors (Lipinski definition) is 3. The molecule has 4 heteroatoms. The summed E-state index contributed by atoms with van der Waals surface area (Å²) in [5.74, 6) is -0.530. The van der Waals surface area contributed by atoms with Gasteiger partial charge < -0.3 is 10.1 Å². The number of carbonyl (C=O) groups excluding carboxylic acids is 2. The molecule has 4 nitrogen and oxygen atoms in total. The van der Waals surface area contributed by atoms with E-state index in [0.29, 0.717) is 23.4 Å². The van der Waals surface area contributed by atoms with Crippen molar-refractivity contribution in [2.45, 2.75) is 20.8 Å². The summed E-state index contributed by atoms with van der Waals surface area (Å²) < 4.78 is 4.96. The van der Waals surface area contributed by atoms with E-state index in [0.717, 1.165) is 11.1 Å². The van der Waals surface area contributed by atoms with Crippen LogP contribution >= 0.6 is 0 Å². The molecule has 22 heavy (non-hydrogen) atoms. The molecule has 0 radical (unpaired) electrons. The topological polar surface area (TPSA) is 55.4 Å². The molecule has 0 heterocycles. The SMILES string of the molecule is CCOC(=O)c1ccc(NC(=O)c2cccc(C)c2)c(C)c1. The minimum Gasteiger partial charge on any atom is -0.462 e. The number of ether oxygens (including phenoxy) is 1. The van der Waals surface area contributed by atoms with Gasteiger partial charge >= 0.3 is 5.97 Å². The monoisotopic (exact) mass is 297 g/mol. The highest BCUT2D eigenvalue weighted by Crippen LogP contribution is 2.18. The van der Waals surface area contributed by atoms with Crippen LogP contribution in [-0.4, -0.2) is 18.5 Å². The number of anilines is 1. The molecule has 0 aliphatic rings. The lowest BCUT2D eigenvalue weighted by Crippen LogP contribution is -2.13. The third-order valence-electron chi connectivity index (χ3n) is 3.27. The highest BCUT2D eigenvalue weighted by atomic mass is 16.5. The first-order chi connectivity index (χ1) is 10.5. The van der Waals surface area contributed by atoms with E-state index in [1.807, 2.05) is 32.0 Å². The fourth-order valence-corrected chi connectivity index (χ4v) is 2.13. The van der Waals surface area contributed by atoms with Crippen LogP contribution in [0.2, 0.25) is 0 Å². The standard InChI is InChI=1S/C18H19NO3/c1-4-22-18(21)15-8-9-16(13(3)11-15)19-17(20)14-7-5-6-12(2)10-14/h5-11H,4H2,1-3H3,(H,19,20). The van der Waals surface area contributed by atoms with Crippen molar-refractivity contribution in [3.63, 3.8) is 0 Å². The molecule has 0 spiro atoms. The van der Waals surface area contributed by atoms with Gasteiger partial charge in [0.15, 0.2) is 0 Å². The van der Waals surface area contributed by atoms with Gasteiger partial charge in [-0.2, -0.15) is 0 Å². The van der Waals surface area contributed by atoms with Crippen molar-refractivity contribution in [1.29, 1.82) is 0 Å². The van der Waals surface area contributed by atoms with E-state index in [-0.39, 0.29) is 11.9 Å². The molecule has 0 saturated carbocycles. The molecule has 0 aromatic heterocycles. The lowest BCUT2D eigenvalue weighted by Gasteiger charge is -2.10. The molecule has 0 aliphatic heterocycles. The summed E-state index contributed by atoms with van der Waals surface area (Å²) >= 11 is 0. The van der Waals surface area contributed by atoms with Gasteiger partial charge in [-0.3, -0.25) is 4.79 Å². The second kappa shape index (κ2) is 6.89. The first kappa shape index (κ1) is 15.8. The summed E-state index contributed by atoms with van der Waals surface area (Å²) in [5, 5.41) is 2.86. The smallest absolute Gasteiger partial charge is 0.338 e. The molecule has 0 bridgehead atoms. The molecule has 1 amide bonds. The Balaban J connectivity index is 2.16.